The van der Waals surface area contributed by atoms with Gasteiger partial charge in [0.05, 0.1) is 0 Å². The third-order valence-electron chi connectivity index (χ3n) is 3.75. The first-order valence-electron chi connectivity index (χ1n) is 6.89. The molecular weight excluding hydrogens is 275 g/mol. The van der Waals surface area contributed by atoms with Gasteiger partial charge in [0, 0.05) is 11.6 Å². The lowest BCUT2D eigenvalue weighted by atomic mass is 9.96. The minimum atomic E-state index is -1.41. The van der Waals surface area contributed by atoms with Crippen molar-refractivity contribution in [2.45, 2.75) is 25.8 Å². The molecule has 0 aliphatic carbocycles. The Labute approximate surface area is 122 Å². The molecule has 21 heavy (non-hydrogen) atoms. The number of hydrogen-bond acceptors (Lipinski definition) is 1. The SMILES string of the molecule is CNC(CCc1ccccc1C)c1ccc(F)c(F)c1F. The molecule has 1 unspecified atom stereocenters. The van der Waals surface area contributed by atoms with E-state index in [1.165, 1.54) is 11.6 Å². The minimum Gasteiger partial charge on any atom is -0.313 e. The van der Waals surface area contributed by atoms with E-state index in [2.05, 4.69) is 5.32 Å². The Kier molecular flexibility index (Phi) is 5.02. The van der Waals surface area contributed by atoms with Crippen LogP contribution in [0.15, 0.2) is 36.4 Å². The van der Waals surface area contributed by atoms with Crippen LogP contribution in [0.1, 0.15) is 29.2 Å². The number of aryl methyl sites for hydroxylation is 2. The molecule has 4 heteroatoms. The first kappa shape index (κ1) is 15.6. The number of halogens is 3. The summed E-state index contributed by atoms with van der Waals surface area (Å²) in [5, 5.41) is 2.97. The summed E-state index contributed by atoms with van der Waals surface area (Å²) in [5.41, 5.74) is 2.49. The van der Waals surface area contributed by atoms with Gasteiger partial charge in [-0.3, -0.25) is 0 Å². The van der Waals surface area contributed by atoms with E-state index in [-0.39, 0.29) is 11.6 Å². The molecule has 112 valence electrons. The molecule has 0 spiro atoms. The fourth-order valence-electron chi connectivity index (χ4n) is 2.46. The Hall–Kier alpha value is -1.81. The van der Waals surface area contributed by atoms with Crippen LogP contribution in [-0.2, 0) is 6.42 Å². The molecule has 0 amide bonds. The average molecular weight is 293 g/mol. The van der Waals surface area contributed by atoms with Gasteiger partial charge in [-0.25, -0.2) is 13.2 Å². The van der Waals surface area contributed by atoms with Crippen LogP contribution < -0.4 is 5.32 Å². The van der Waals surface area contributed by atoms with E-state index in [1.807, 2.05) is 31.2 Å². The van der Waals surface area contributed by atoms with Crippen LogP contribution >= 0.6 is 0 Å². The first-order chi connectivity index (χ1) is 10.0. The second-order valence-corrected chi connectivity index (χ2v) is 5.07. The molecule has 2 aromatic carbocycles. The lowest BCUT2D eigenvalue weighted by Crippen LogP contribution is -2.19. The lowest BCUT2D eigenvalue weighted by Gasteiger charge is -2.18. The molecule has 0 aliphatic rings. The van der Waals surface area contributed by atoms with E-state index in [9.17, 15) is 13.2 Å². The van der Waals surface area contributed by atoms with Crippen molar-refractivity contribution < 1.29 is 13.2 Å². The van der Waals surface area contributed by atoms with Crippen LogP contribution in [0.2, 0.25) is 0 Å². The fraction of sp³-hybridized carbons (Fsp3) is 0.294. The largest absolute Gasteiger partial charge is 0.313 e. The van der Waals surface area contributed by atoms with Gasteiger partial charge in [-0.05, 0) is 44.0 Å². The summed E-state index contributed by atoms with van der Waals surface area (Å²) in [6, 6.07) is 9.85. The molecule has 2 aromatic rings. The normalized spacial score (nSPS) is 12.4. The van der Waals surface area contributed by atoms with Gasteiger partial charge < -0.3 is 5.32 Å². The molecule has 0 fully saturated rings. The van der Waals surface area contributed by atoms with Crippen LogP contribution in [0.4, 0.5) is 13.2 Å². The van der Waals surface area contributed by atoms with Gasteiger partial charge in [-0.1, -0.05) is 30.3 Å². The highest BCUT2D eigenvalue weighted by molar-refractivity contribution is 5.27. The van der Waals surface area contributed by atoms with Crippen molar-refractivity contribution in [3.05, 3.63) is 70.5 Å². The number of hydrogen-bond donors (Lipinski definition) is 1. The van der Waals surface area contributed by atoms with Crippen LogP contribution in [0.5, 0.6) is 0 Å². The van der Waals surface area contributed by atoms with E-state index >= 15 is 0 Å². The standard InChI is InChI=1S/C17H18F3N/c1-11-5-3-4-6-12(11)7-10-15(21-2)13-8-9-14(18)17(20)16(13)19/h3-6,8-9,15,21H,7,10H2,1-2H3. The average Bonchev–Trinajstić information content (AvgIpc) is 2.49. The third-order valence-corrected chi connectivity index (χ3v) is 3.75. The smallest absolute Gasteiger partial charge is 0.194 e. The van der Waals surface area contributed by atoms with E-state index in [0.717, 1.165) is 18.1 Å². The summed E-state index contributed by atoms with van der Waals surface area (Å²) in [4.78, 5) is 0. The molecule has 1 nitrogen and oxygen atoms in total. The van der Waals surface area contributed by atoms with Crippen molar-refractivity contribution >= 4 is 0 Å². The highest BCUT2D eigenvalue weighted by atomic mass is 19.2. The van der Waals surface area contributed by atoms with Gasteiger partial charge in [0.15, 0.2) is 17.5 Å². The Morgan fingerprint density at radius 3 is 2.38 bits per heavy atom. The Bertz CT molecular complexity index is 625. The second kappa shape index (κ2) is 6.76. The van der Waals surface area contributed by atoms with Crippen molar-refractivity contribution in [3.8, 4) is 0 Å². The lowest BCUT2D eigenvalue weighted by molar-refractivity contribution is 0.424. The molecule has 0 radical (unpaired) electrons. The van der Waals surface area contributed by atoms with Crippen molar-refractivity contribution in [3.63, 3.8) is 0 Å². The molecule has 0 bridgehead atoms. The predicted octanol–water partition coefficient (Wildman–Crippen LogP) is 4.31. The summed E-state index contributed by atoms with van der Waals surface area (Å²) in [6.07, 6.45) is 1.33. The summed E-state index contributed by atoms with van der Waals surface area (Å²) in [5.74, 6) is -3.69. The van der Waals surface area contributed by atoms with Gasteiger partial charge in [0.2, 0.25) is 0 Å². The van der Waals surface area contributed by atoms with Crippen molar-refractivity contribution in [1.29, 1.82) is 0 Å². The van der Waals surface area contributed by atoms with Crippen molar-refractivity contribution in [1.82, 2.24) is 5.32 Å². The Morgan fingerprint density at radius 2 is 1.71 bits per heavy atom. The van der Waals surface area contributed by atoms with Gasteiger partial charge in [0.25, 0.3) is 0 Å². The highest BCUT2D eigenvalue weighted by Crippen LogP contribution is 2.25. The number of rotatable bonds is 5. The zero-order valence-corrected chi connectivity index (χ0v) is 12.1. The molecule has 0 aliphatic heterocycles. The number of nitrogens with one attached hydrogen (secondary N) is 1. The summed E-state index contributed by atoms with van der Waals surface area (Å²) in [6.45, 7) is 2.02. The van der Waals surface area contributed by atoms with E-state index in [0.29, 0.717) is 6.42 Å². The second-order valence-electron chi connectivity index (χ2n) is 5.07. The maximum Gasteiger partial charge on any atom is 0.194 e. The molecule has 0 aromatic heterocycles. The van der Waals surface area contributed by atoms with E-state index in [4.69, 9.17) is 0 Å². The van der Waals surface area contributed by atoms with Crippen LogP contribution in [-0.4, -0.2) is 7.05 Å². The number of benzene rings is 2. The van der Waals surface area contributed by atoms with Gasteiger partial charge >= 0.3 is 0 Å². The molecule has 0 heterocycles. The van der Waals surface area contributed by atoms with Crippen LogP contribution in [0, 0.1) is 24.4 Å². The third kappa shape index (κ3) is 3.45. The van der Waals surface area contributed by atoms with Crippen molar-refractivity contribution in [2.24, 2.45) is 0 Å². The molecule has 2 rings (SSSR count). The van der Waals surface area contributed by atoms with Crippen LogP contribution in [0.25, 0.3) is 0 Å². The van der Waals surface area contributed by atoms with Gasteiger partial charge in [-0.2, -0.15) is 0 Å². The zero-order chi connectivity index (χ0) is 15.4. The Morgan fingerprint density at radius 1 is 1.00 bits per heavy atom. The molecule has 1 atom stereocenters. The zero-order valence-electron chi connectivity index (χ0n) is 12.1. The predicted molar refractivity (Wildman–Crippen MR) is 77.6 cm³/mol. The maximum absolute atomic E-state index is 13.8. The fourth-order valence-corrected chi connectivity index (χ4v) is 2.46. The Balaban J connectivity index is 2.18. The van der Waals surface area contributed by atoms with E-state index < -0.39 is 17.5 Å². The van der Waals surface area contributed by atoms with Gasteiger partial charge in [-0.15, -0.1) is 0 Å². The summed E-state index contributed by atoms with van der Waals surface area (Å²) >= 11 is 0. The van der Waals surface area contributed by atoms with E-state index in [1.54, 1.807) is 7.05 Å². The topological polar surface area (TPSA) is 12.0 Å². The maximum atomic E-state index is 13.8. The minimum absolute atomic E-state index is 0.157. The van der Waals surface area contributed by atoms with Crippen LogP contribution in [0.3, 0.4) is 0 Å². The molecule has 0 saturated carbocycles. The quantitative estimate of drug-likeness (QED) is 0.810. The summed E-state index contributed by atoms with van der Waals surface area (Å²) in [7, 11) is 1.68. The molecule has 0 saturated heterocycles. The first-order valence-corrected chi connectivity index (χ1v) is 6.89. The molecule has 1 N–H and O–H groups in total. The van der Waals surface area contributed by atoms with Gasteiger partial charge in [0.1, 0.15) is 0 Å². The summed E-state index contributed by atoms with van der Waals surface area (Å²) < 4.78 is 40.2. The van der Waals surface area contributed by atoms with Crippen molar-refractivity contribution in [2.75, 3.05) is 7.05 Å². The molecular formula is C17H18F3N. The highest BCUT2D eigenvalue weighted by Gasteiger charge is 2.19. The monoisotopic (exact) mass is 293 g/mol.